The van der Waals surface area contributed by atoms with Crippen molar-refractivity contribution >= 4 is 0 Å². The van der Waals surface area contributed by atoms with Crippen molar-refractivity contribution in [3.63, 3.8) is 0 Å². The third-order valence-electron chi connectivity index (χ3n) is 3.33. The molecule has 1 aromatic heterocycles. The molecule has 1 aromatic carbocycles. The summed E-state index contributed by atoms with van der Waals surface area (Å²) >= 11 is 0. The van der Waals surface area contributed by atoms with E-state index in [0.717, 1.165) is 11.3 Å². The molecule has 2 aromatic rings. The van der Waals surface area contributed by atoms with Gasteiger partial charge >= 0.3 is 0 Å². The lowest BCUT2D eigenvalue weighted by Gasteiger charge is -2.04. The van der Waals surface area contributed by atoms with Crippen LogP contribution in [0.25, 0.3) is 11.3 Å². The lowest BCUT2D eigenvalue weighted by Crippen LogP contribution is -2.12. The normalized spacial score (nSPS) is 15.7. The molecule has 1 N–H and O–H groups in total. The van der Waals surface area contributed by atoms with Crippen LogP contribution in [-0.4, -0.2) is 12.0 Å². The molecule has 2 heterocycles. The summed E-state index contributed by atoms with van der Waals surface area (Å²) in [7, 11) is 1.89. The molecule has 0 spiro atoms. The highest BCUT2D eigenvalue weighted by atomic mass is 16.5. The van der Waals surface area contributed by atoms with Crippen molar-refractivity contribution < 1.29 is 9.15 Å². The minimum atomic E-state index is 0.122. The number of oxazole rings is 1. The van der Waals surface area contributed by atoms with E-state index in [1.807, 2.05) is 14.0 Å². The molecule has 1 atom stereocenters. The fraction of sp³-hybridized carbons (Fsp3) is 0.357. The molecule has 1 unspecified atom stereocenters. The van der Waals surface area contributed by atoms with E-state index in [1.165, 1.54) is 11.1 Å². The number of nitrogens with one attached hydrogen (secondary N) is 1. The molecule has 4 nitrogen and oxygen atoms in total. The Labute approximate surface area is 106 Å². The summed E-state index contributed by atoms with van der Waals surface area (Å²) in [4.78, 5) is 4.30. The Morgan fingerprint density at radius 3 is 2.94 bits per heavy atom. The van der Waals surface area contributed by atoms with E-state index in [4.69, 9.17) is 9.15 Å². The summed E-state index contributed by atoms with van der Waals surface area (Å²) in [6.45, 7) is 3.43. The standard InChI is InChI=1S/C14H16N2O2/c1-9(15-2)14-16-6-13(18-14)10-3-4-11-7-17-8-12(11)5-10/h3-6,9,15H,7-8H2,1-2H3. The zero-order valence-corrected chi connectivity index (χ0v) is 10.6. The maximum atomic E-state index is 5.77. The van der Waals surface area contributed by atoms with Crippen molar-refractivity contribution in [2.45, 2.75) is 26.2 Å². The van der Waals surface area contributed by atoms with Gasteiger partial charge < -0.3 is 14.5 Å². The molecule has 94 valence electrons. The van der Waals surface area contributed by atoms with Crippen LogP contribution in [0.5, 0.6) is 0 Å². The highest BCUT2D eigenvalue weighted by Gasteiger charge is 2.15. The highest BCUT2D eigenvalue weighted by molar-refractivity contribution is 5.59. The Morgan fingerprint density at radius 2 is 2.11 bits per heavy atom. The van der Waals surface area contributed by atoms with Gasteiger partial charge in [0, 0.05) is 5.56 Å². The number of nitrogens with zero attached hydrogens (tertiary/aromatic N) is 1. The molecule has 3 rings (SSSR count). The minimum Gasteiger partial charge on any atom is -0.439 e. The van der Waals surface area contributed by atoms with Crippen LogP contribution in [0.15, 0.2) is 28.8 Å². The SMILES string of the molecule is CNC(C)c1ncc(-c2ccc3c(c2)COC3)o1. The number of hydrogen-bond acceptors (Lipinski definition) is 4. The van der Waals surface area contributed by atoms with E-state index < -0.39 is 0 Å². The molecule has 1 aliphatic heterocycles. The molecule has 0 amide bonds. The van der Waals surface area contributed by atoms with Crippen LogP contribution in [0.3, 0.4) is 0 Å². The van der Waals surface area contributed by atoms with Crippen LogP contribution >= 0.6 is 0 Å². The summed E-state index contributed by atoms with van der Waals surface area (Å²) in [5, 5.41) is 3.11. The van der Waals surface area contributed by atoms with E-state index in [9.17, 15) is 0 Å². The molecule has 0 saturated carbocycles. The zero-order valence-electron chi connectivity index (χ0n) is 10.6. The molecular weight excluding hydrogens is 228 g/mol. The topological polar surface area (TPSA) is 47.3 Å². The Morgan fingerprint density at radius 1 is 1.28 bits per heavy atom. The van der Waals surface area contributed by atoms with E-state index in [0.29, 0.717) is 19.1 Å². The van der Waals surface area contributed by atoms with Crippen molar-refractivity contribution in [2.75, 3.05) is 7.05 Å². The van der Waals surface area contributed by atoms with Gasteiger partial charge in [-0.2, -0.15) is 0 Å². The van der Waals surface area contributed by atoms with Gasteiger partial charge in [0.25, 0.3) is 0 Å². The first-order valence-corrected chi connectivity index (χ1v) is 6.11. The van der Waals surface area contributed by atoms with Crippen LogP contribution in [0.1, 0.15) is 30.0 Å². The third kappa shape index (κ3) is 1.94. The first-order valence-electron chi connectivity index (χ1n) is 6.11. The molecule has 1 aliphatic rings. The summed E-state index contributed by atoms with van der Waals surface area (Å²) in [6.07, 6.45) is 1.78. The quantitative estimate of drug-likeness (QED) is 0.901. The van der Waals surface area contributed by atoms with Gasteiger partial charge in [-0.25, -0.2) is 4.98 Å². The van der Waals surface area contributed by atoms with Gasteiger partial charge in [0.15, 0.2) is 5.76 Å². The van der Waals surface area contributed by atoms with Gasteiger partial charge in [-0.15, -0.1) is 0 Å². The van der Waals surface area contributed by atoms with E-state index in [-0.39, 0.29) is 6.04 Å². The third-order valence-corrected chi connectivity index (χ3v) is 3.33. The van der Waals surface area contributed by atoms with Gasteiger partial charge in [-0.3, -0.25) is 0 Å². The Balaban J connectivity index is 1.92. The van der Waals surface area contributed by atoms with Crippen LogP contribution in [0, 0.1) is 0 Å². The molecular formula is C14H16N2O2. The maximum absolute atomic E-state index is 5.77. The molecule has 0 fully saturated rings. The summed E-state index contributed by atoms with van der Waals surface area (Å²) < 4.78 is 11.2. The van der Waals surface area contributed by atoms with Gasteiger partial charge in [-0.1, -0.05) is 12.1 Å². The molecule has 0 saturated heterocycles. The van der Waals surface area contributed by atoms with E-state index >= 15 is 0 Å². The first kappa shape index (κ1) is 11.4. The summed E-state index contributed by atoms with van der Waals surface area (Å²) in [6, 6.07) is 6.40. The first-order chi connectivity index (χ1) is 8.78. The zero-order chi connectivity index (χ0) is 12.5. The van der Waals surface area contributed by atoms with Gasteiger partial charge in [0.05, 0.1) is 25.5 Å². The lowest BCUT2D eigenvalue weighted by molar-refractivity contribution is 0.134. The second-order valence-electron chi connectivity index (χ2n) is 4.55. The average molecular weight is 244 g/mol. The maximum Gasteiger partial charge on any atom is 0.211 e. The minimum absolute atomic E-state index is 0.122. The largest absolute Gasteiger partial charge is 0.439 e. The predicted octanol–water partition coefficient (Wildman–Crippen LogP) is 2.65. The van der Waals surface area contributed by atoms with Crippen molar-refractivity contribution in [3.8, 4) is 11.3 Å². The number of rotatable bonds is 3. The number of hydrogen-bond donors (Lipinski definition) is 1. The van der Waals surface area contributed by atoms with Crippen molar-refractivity contribution in [3.05, 3.63) is 41.4 Å². The predicted molar refractivity (Wildman–Crippen MR) is 67.9 cm³/mol. The molecule has 0 aliphatic carbocycles. The smallest absolute Gasteiger partial charge is 0.211 e. The van der Waals surface area contributed by atoms with Crippen LogP contribution in [0.4, 0.5) is 0 Å². The van der Waals surface area contributed by atoms with Crippen LogP contribution in [-0.2, 0) is 18.0 Å². The van der Waals surface area contributed by atoms with Crippen LogP contribution in [0.2, 0.25) is 0 Å². The van der Waals surface area contributed by atoms with Crippen molar-refractivity contribution in [1.82, 2.24) is 10.3 Å². The Hall–Kier alpha value is -1.65. The highest BCUT2D eigenvalue weighted by Crippen LogP contribution is 2.28. The second kappa shape index (κ2) is 4.55. The Bertz CT molecular complexity index is 563. The summed E-state index contributed by atoms with van der Waals surface area (Å²) in [5.74, 6) is 1.52. The molecule has 0 radical (unpaired) electrons. The van der Waals surface area contributed by atoms with Gasteiger partial charge in [-0.05, 0) is 31.2 Å². The average Bonchev–Trinajstić information content (AvgIpc) is 3.05. The number of fused-ring (bicyclic) bond motifs is 1. The fourth-order valence-corrected chi connectivity index (χ4v) is 2.07. The van der Waals surface area contributed by atoms with Gasteiger partial charge in [0.2, 0.25) is 5.89 Å². The monoisotopic (exact) mass is 244 g/mol. The lowest BCUT2D eigenvalue weighted by atomic mass is 10.1. The molecule has 18 heavy (non-hydrogen) atoms. The number of aromatic nitrogens is 1. The fourth-order valence-electron chi connectivity index (χ4n) is 2.07. The Kier molecular flexibility index (Phi) is 2.89. The summed E-state index contributed by atoms with van der Waals surface area (Å²) in [5.41, 5.74) is 3.57. The van der Waals surface area contributed by atoms with Crippen molar-refractivity contribution in [2.24, 2.45) is 0 Å². The van der Waals surface area contributed by atoms with Crippen molar-refractivity contribution in [1.29, 1.82) is 0 Å². The van der Waals surface area contributed by atoms with E-state index in [1.54, 1.807) is 6.20 Å². The second-order valence-corrected chi connectivity index (χ2v) is 4.55. The molecule has 0 bridgehead atoms. The number of benzene rings is 1. The van der Waals surface area contributed by atoms with E-state index in [2.05, 4.69) is 28.5 Å². The van der Waals surface area contributed by atoms with Gasteiger partial charge in [0.1, 0.15) is 0 Å². The number of ether oxygens (including phenoxy) is 1. The van der Waals surface area contributed by atoms with Crippen LogP contribution < -0.4 is 5.32 Å². The molecule has 4 heteroatoms.